The van der Waals surface area contributed by atoms with E-state index in [0.717, 1.165) is 18.7 Å². The number of hydrogen-bond acceptors (Lipinski definition) is 3. The highest BCUT2D eigenvalue weighted by molar-refractivity contribution is 6.00. The van der Waals surface area contributed by atoms with Crippen molar-refractivity contribution in [2.45, 2.75) is 32.6 Å². The van der Waals surface area contributed by atoms with Crippen molar-refractivity contribution in [3.8, 4) is 0 Å². The predicted molar refractivity (Wildman–Crippen MR) is 97.2 cm³/mol. The maximum Gasteiger partial charge on any atom is 0.227 e. The highest BCUT2D eigenvalue weighted by Gasteiger charge is 2.37. The number of carbonyl (C=O) groups is 2. The molecule has 0 radical (unpaired) electrons. The van der Waals surface area contributed by atoms with Crippen LogP contribution in [-0.2, 0) is 9.59 Å². The molecule has 1 aliphatic rings. The highest BCUT2D eigenvalue weighted by atomic mass is 16.2. The Morgan fingerprint density at radius 3 is 2.79 bits per heavy atom. The summed E-state index contributed by atoms with van der Waals surface area (Å²) >= 11 is 0. The molecule has 1 aromatic carbocycles. The van der Waals surface area contributed by atoms with E-state index in [-0.39, 0.29) is 17.7 Å². The first kappa shape index (κ1) is 18.5. The molecule has 24 heavy (non-hydrogen) atoms. The van der Waals surface area contributed by atoms with E-state index in [1.807, 2.05) is 25.2 Å². The molecule has 1 N–H and O–H groups in total. The van der Waals surface area contributed by atoms with Crippen molar-refractivity contribution < 1.29 is 9.59 Å². The molecule has 0 saturated carbocycles. The lowest BCUT2D eigenvalue weighted by molar-refractivity contribution is -0.134. The van der Waals surface area contributed by atoms with Gasteiger partial charge in [-0.1, -0.05) is 32.0 Å². The second kappa shape index (κ2) is 8.29. The molecule has 2 atom stereocenters. The van der Waals surface area contributed by atoms with Crippen molar-refractivity contribution in [3.05, 3.63) is 29.8 Å². The van der Waals surface area contributed by atoms with Crippen LogP contribution in [0.15, 0.2) is 24.3 Å². The summed E-state index contributed by atoms with van der Waals surface area (Å²) in [6, 6.07) is 8.06. The molecule has 132 valence electrons. The molecule has 1 heterocycles. The first-order valence-electron chi connectivity index (χ1n) is 8.78. The van der Waals surface area contributed by atoms with Crippen LogP contribution in [0.4, 0.5) is 5.69 Å². The summed E-state index contributed by atoms with van der Waals surface area (Å²) in [6.07, 6.45) is 1.33. The average Bonchev–Trinajstić information content (AvgIpc) is 2.99. The number of likely N-dealkylation sites (N-methyl/N-ethyl adjacent to an activating group) is 2. The van der Waals surface area contributed by atoms with Gasteiger partial charge in [0.25, 0.3) is 0 Å². The van der Waals surface area contributed by atoms with Gasteiger partial charge in [0.15, 0.2) is 0 Å². The van der Waals surface area contributed by atoms with Gasteiger partial charge in [-0.05, 0) is 31.0 Å². The summed E-state index contributed by atoms with van der Waals surface area (Å²) in [5, 5.41) is 3.04. The van der Waals surface area contributed by atoms with Gasteiger partial charge in [0.2, 0.25) is 11.8 Å². The van der Waals surface area contributed by atoms with E-state index in [1.165, 1.54) is 5.56 Å². The van der Waals surface area contributed by atoms with Crippen LogP contribution in [0, 0.1) is 5.92 Å². The zero-order valence-corrected chi connectivity index (χ0v) is 15.2. The zero-order valence-electron chi connectivity index (χ0n) is 15.2. The van der Waals surface area contributed by atoms with Gasteiger partial charge in [0.05, 0.1) is 5.92 Å². The van der Waals surface area contributed by atoms with Crippen LogP contribution in [-0.4, -0.2) is 50.4 Å². The van der Waals surface area contributed by atoms with Gasteiger partial charge in [-0.3, -0.25) is 9.59 Å². The maximum atomic E-state index is 12.6. The lowest BCUT2D eigenvalue weighted by Crippen LogP contribution is -2.38. The molecule has 0 spiro atoms. The molecule has 0 aliphatic carbocycles. The van der Waals surface area contributed by atoms with Crippen LogP contribution in [0.3, 0.4) is 0 Å². The second-order valence-electron chi connectivity index (χ2n) is 6.64. The number of anilines is 1. The smallest absolute Gasteiger partial charge is 0.227 e. The number of nitrogens with one attached hydrogen (secondary N) is 1. The van der Waals surface area contributed by atoms with Crippen LogP contribution in [0.2, 0.25) is 0 Å². The van der Waals surface area contributed by atoms with Gasteiger partial charge >= 0.3 is 0 Å². The normalized spacial score (nSPS) is 18.8. The van der Waals surface area contributed by atoms with Crippen LogP contribution in [0.5, 0.6) is 0 Å². The number of benzene rings is 1. The van der Waals surface area contributed by atoms with E-state index in [9.17, 15) is 9.59 Å². The van der Waals surface area contributed by atoms with Crippen LogP contribution in [0.25, 0.3) is 0 Å². The maximum absolute atomic E-state index is 12.6. The minimum absolute atomic E-state index is 0.0473. The molecule has 2 amide bonds. The van der Waals surface area contributed by atoms with Gasteiger partial charge in [0.1, 0.15) is 0 Å². The Morgan fingerprint density at radius 2 is 2.12 bits per heavy atom. The molecular formula is C19H29N3O2. The summed E-state index contributed by atoms with van der Waals surface area (Å²) in [5.74, 6) is 0.250. The largest absolute Gasteiger partial charge is 0.344 e. The number of nitrogens with zero attached hydrogens (tertiary/aromatic N) is 2. The lowest BCUT2D eigenvalue weighted by atomic mass is 9.96. The van der Waals surface area contributed by atoms with Gasteiger partial charge in [-0.25, -0.2) is 0 Å². The van der Waals surface area contributed by atoms with Crippen LogP contribution in [0.1, 0.15) is 38.2 Å². The van der Waals surface area contributed by atoms with Crippen LogP contribution >= 0.6 is 0 Å². The molecule has 1 fully saturated rings. The molecule has 1 aromatic rings. The van der Waals surface area contributed by atoms with Crippen molar-refractivity contribution in [2.24, 2.45) is 5.92 Å². The fourth-order valence-corrected chi connectivity index (χ4v) is 3.18. The number of rotatable bonds is 7. The fourth-order valence-electron chi connectivity index (χ4n) is 3.18. The van der Waals surface area contributed by atoms with Gasteiger partial charge in [-0.2, -0.15) is 0 Å². The molecule has 5 heteroatoms. The summed E-state index contributed by atoms with van der Waals surface area (Å²) in [6.45, 7) is 6.21. The lowest BCUT2D eigenvalue weighted by Gasteiger charge is -2.24. The van der Waals surface area contributed by atoms with E-state index < -0.39 is 0 Å². The van der Waals surface area contributed by atoms with Crippen molar-refractivity contribution in [1.29, 1.82) is 0 Å². The van der Waals surface area contributed by atoms with Gasteiger partial charge < -0.3 is 15.1 Å². The van der Waals surface area contributed by atoms with Crippen LogP contribution < -0.4 is 10.2 Å². The Labute approximate surface area is 145 Å². The van der Waals surface area contributed by atoms with Crippen molar-refractivity contribution in [2.75, 3.05) is 38.6 Å². The first-order chi connectivity index (χ1) is 11.5. The molecule has 2 rings (SSSR count). The first-order valence-corrected chi connectivity index (χ1v) is 8.78. The molecular weight excluding hydrogens is 302 g/mol. The van der Waals surface area contributed by atoms with Gasteiger partial charge in [0, 0.05) is 38.8 Å². The quantitative estimate of drug-likeness (QED) is 0.833. The van der Waals surface area contributed by atoms with E-state index in [2.05, 4.69) is 25.2 Å². The Hall–Kier alpha value is -1.88. The summed E-state index contributed by atoms with van der Waals surface area (Å²) in [7, 11) is 3.67. The highest BCUT2D eigenvalue weighted by Crippen LogP contribution is 2.33. The van der Waals surface area contributed by atoms with E-state index in [1.54, 1.807) is 16.8 Å². The minimum Gasteiger partial charge on any atom is -0.344 e. The topological polar surface area (TPSA) is 52.7 Å². The molecule has 0 aromatic heterocycles. The van der Waals surface area contributed by atoms with Crippen molar-refractivity contribution >= 4 is 17.5 Å². The molecule has 1 saturated heterocycles. The Balaban J connectivity index is 2.15. The number of carbonyl (C=O) groups excluding carboxylic acids is 2. The third-order valence-corrected chi connectivity index (χ3v) is 4.92. The molecule has 5 nitrogen and oxygen atoms in total. The average molecular weight is 331 g/mol. The second-order valence-corrected chi connectivity index (χ2v) is 6.64. The molecule has 0 bridgehead atoms. The number of para-hydroxylation sites is 1. The Morgan fingerprint density at radius 1 is 1.42 bits per heavy atom. The van der Waals surface area contributed by atoms with E-state index in [4.69, 9.17) is 0 Å². The standard InChI is InChI=1S/C19H29N3O2/c1-5-14(2)16-8-6-7-9-17(16)22-13-15(12-18(22)23)19(24)21(4)11-10-20-3/h6-9,14-15,20H,5,10-13H2,1-4H3. The fraction of sp³-hybridized carbons (Fsp3) is 0.579. The van der Waals surface area contributed by atoms with E-state index in [0.29, 0.717) is 25.4 Å². The number of amides is 2. The summed E-state index contributed by atoms with van der Waals surface area (Å²) in [5.41, 5.74) is 2.15. The van der Waals surface area contributed by atoms with Crippen molar-refractivity contribution in [3.63, 3.8) is 0 Å². The molecule has 1 aliphatic heterocycles. The molecule has 2 unspecified atom stereocenters. The zero-order chi connectivity index (χ0) is 17.7. The summed E-state index contributed by atoms with van der Waals surface area (Å²) < 4.78 is 0. The summed E-state index contributed by atoms with van der Waals surface area (Å²) in [4.78, 5) is 28.6. The van der Waals surface area contributed by atoms with Crippen molar-refractivity contribution in [1.82, 2.24) is 10.2 Å². The number of hydrogen-bond donors (Lipinski definition) is 1. The minimum atomic E-state index is -0.246. The Kier molecular flexibility index (Phi) is 6.37. The predicted octanol–water partition coefficient (Wildman–Crippen LogP) is 2.23. The van der Waals surface area contributed by atoms with Gasteiger partial charge in [-0.15, -0.1) is 0 Å². The Bertz CT molecular complexity index is 588. The third-order valence-electron chi connectivity index (χ3n) is 4.92. The monoisotopic (exact) mass is 331 g/mol. The third kappa shape index (κ3) is 3.96. The van der Waals surface area contributed by atoms with E-state index >= 15 is 0 Å². The SMILES string of the molecule is CCC(C)c1ccccc1N1CC(C(=O)N(C)CCNC)CC1=O.